The van der Waals surface area contributed by atoms with E-state index in [-0.39, 0.29) is 37.3 Å². The van der Waals surface area contributed by atoms with Gasteiger partial charge in [-0.25, -0.2) is 0 Å². The van der Waals surface area contributed by atoms with E-state index in [0.29, 0.717) is 29.5 Å². The summed E-state index contributed by atoms with van der Waals surface area (Å²) in [4.78, 5) is 18.0. The lowest BCUT2D eigenvalue weighted by molar-refractivity contribution is -0.0513. The van der Waals surface area contributed by atoms with Crippen molar-refractivity contribution in [1.29, 1.82) is 0 Å². The van der Waals surface area contributed by atoms with E-state index < -0.39 is 0 Å². The number of amides is 1. The lowest BCUT2D eigenvalue weighted by Crippen LogP contribution is -2.69. The Labute approximate surface area is 182 Å². The van der Waals surface area contributed by atoms with Crippen LogP contribution in [-0.4, -0.2) is 54.5 Å². The molecule has 1 aliphatic carbocycles. The van der Waals surface area contributed by atoms with Crippen LogP contribution < -0.4 is 14.4 Å². The molecule has 0 radical (unpaired) electrons. The number of carbonyl (C=O) groups excluding carboxylic acids is 1. The quantitative estimate of drug-likeness (QED) is 0.822. The Morgan fingerprint density at radius 2 is 1.87 bits per heavy atom. The number of likely N-dealkylation sites (tertiary alicyclic amines) is 1. The topological polar surface area (TPSA) is 62.2 Å². The van der Waals surface area contributed by atoms with Crippen LogP contribution in [0.1, 0.15) is 47.5 Å². The summed E-state index contributed by atoms with van der Waals surface area (Å²) in [6.07, 6.45) is 5.19. The van der Waals surface area contributed by atoms with E-state index in [9.17, 15) is 9.90 Å². The number of aliphatic hydroxyl groups excluding tert-OH is 1. The van der Waals surface area contributed by atoms with Crippen LogP contribution in [0.15, 0.2) is 42.5 Å². The monoisotopic (exact) mass is 420 g/mol. The van der Waals surface area contributed by atoms with Gasteiger partial charge in [0.05, 0.1) is 6.61 Å². The molecule has 6 rings (SSSR count). The second kappa shape index (κ2) is 7.53. The average molecular weight is 421 g/mol. The molecular formula is C25H28N2O4. The molecule has 0 spiro atoms. The second-order valence-corrected chi connectivity index (χ2v) is 9.23. The van der Waals surface area contributed by atoms with E-state index >= 15 is 0 Å². The minimum atomic E-state index is -0.0162. The average Bonchev–Trinajstić information content (AvgIpc) is 3.48. The highest BCUT2D eigenvalue weighted by Gasteiger charge is 2.53. The molecule has 31 heavy (non-hydrogen) atoms. The predicted octanol–water partition coefficient (Wildman–Crippen LogP) is 3.39. The summed E-state index contributed by atoms with van der Waals surface area (Å²) < 4.78 is 10.9. The third kappa shape index (κ3) is 3.04. The van der Waals surface area contributed by atoms with Gasteiger partial charge in [0.25, 0.3) is 5.91 Å². The summed E-state index contributed by atoms with van der Waals surface area (Å²) in [5.41, 5.74) is 2.75. The fourth-order valence-corrected chi connectivity index (χ4v) is 6.11. The molecule has 0 unspecified atom stereocenters. The van der Waals surface area contributed by atoms with Crippen LogP contribution in [0, 0.1) is 5.92 Å². The zero-order chi connectivity index (χ0) is 20.9. The largest absolute Gasteiger partial charge is 0.454 e. The maximum Gasteiger partial charge on any atom is 0.258 e. The summed E-state index contributed by atoms with van der Waals surface area (Å²) in [5, 5.41) is 10.2. The highest BCUT2D eigenvalue weighted by atomic mass is 16.7. The third-order valence-corrected chi connectivity index (χ3v) is 7.63. The van der Waals surface area contributed by atoms with Crippen LogP contribution in [0.4, 0.5) is 5.69 Å². The number of nitrogens with zero attached hydrogens (tertiary/aromatic N) is 2. The van der Waals surface area contributed by atoms with Crippen molar-refractivity contribution in [1.82, 2.24) is 4.90 Å². The van der Waals surface area contributed by atoms with Gasteiger partial charge in [0.1, 0.15) is 0 Å². The molecule has 0 aromatic heterocycles. The summed E-state index contributed by atoms with van der Waals surface area (Å²) in [6.45, 7) is 2.04. The van der Waals surface area contributed by atoms with Crippen molar-refractivity contribution < 1.29 is 19.4 Å². The number of benzene rings is 2. The first kappa shape index (κ1) is 19.1. The summed E-state index contributed by atoms with van der Waals surface area (Å²) in [5.74, 6) is 2.29. The van der Waals surface area contributed by atoms with Crippen LogP contribution in [0.2, 0.25) is 0 Å². The van der Waals surface area contributed by atoms with Crippen LogP contribution >= 0.6 is 0 Å². The Morgan fingerprint density at radius 3 is 2.71 bits per heavy atom. The van der Waals surface area contributed by atoms with Crippen LogP contribution in [0.3, 0.4) is 0 Å². The van der Waals surface area contributed by atoms with Crippen molar-refractivity contribution >= 4 is 11.6 Å². The number of ether oxygens (including phenoxy) is 2. The smallest absolute Gasteiger partial charge is 0.258 e. The van der Waals surface area contributed by atoms with E-state index in [0.717, 1.165) is 12.2 Å². The lowest BCUT2D eigenvalue weighted by atomic mass is 9.71. The molecule has 2 aromatic rings. The van der Waals surface area contributed by atoms with Crippen LogP contribution in [-0.2, 0) is 0 Å². The summed E-state index contributed by atoms with van der Waals surface area (Å²) in [6, 6.07) is 14.0. The number of rotatable bonds is 4. The molecule has 0 bridgehead atoms. The highest BCUT2D eigenvalue weighted by molar-refractivity contribution is 6.07. The molecule has 1 saturated carbocycles. The Balaban J connectivity index is 1.32. The molecule has 6 nitrogen and oxygen atoms in total. The number of para-hydroxylation sites is 1. The molecule has 3 aliphatic heterocycles. The number of hydrogen-bond donors (Lipinski definition) is 1. The normalized spacial score (nSPS) is 27.0. The van der Waals surface area contributed by atoms with Crippen LogP contribution in [0.25, 0.3) is 0 Å². The summed E-state index contributed by atoms with van der Waals surface area (Å²) >= 11 is 0. The second-order valence-electron chi connectivity index (χ2n) is 9.23. The van der Waals surface area contributed by atoms with Crippen molar-refractivity contribution in [3.8, 4) is 11.5 Å². The zero-order valence-electron chi connectivity index (χ0n) is 17.6. The zero-order valence-corrected chi connectivity index (χ0v) is 17.6. The van der Waals surface area contributed by atoms with Crippen molar-refractivity contribution in [2.24, 2.45) is 5.92 Å². The maximum absolute atomic E-state index is 13.6. The van der Waals surface area contributed by atoms with Gasteiger partial charge >= 0.3 is 0 Å². The van der Waals surface area contributed by atoms with Gasteiger partial charge in [-0.1, -0.05) is 31.0 Å². The van der Waals surface area contributed by atoms with Gasteiger partial charge < -0.3 is 19.5 Å². The minimum absolute atomic E-state index is 0.0162. The molecule has 1 amide bonds. The predicted molar refractivity (Wildman–Crippen MR) is 117 cm³/mol. The molecule has 4 aliphatic rings. The van der Waals surface area contributed by atoms with Crippen molar-refractivity contribution in [3.05, 3.63) is 53.6 Å². The van der Waals surface area contributed by atoms with Gasteiger partial charge in [-0.05, 0) is 48.6 Å². The molecule has 162 valence electrons. The lowest BCUT2D eigenvalue weighted by Gasteiger charge is -2.59. The number of anilines is 1. The third-order valence-electron chi connectivity index (χ3n) is 7.63. The molecule has 2 fully saturated rings. The minimum Gasteiger partial charge on any atom is -0.454 e. The summed E-state index contributed by atoms with van der Waals surface area (Å²) in [7, 11) is 0. The fourth-order valence-electron chi connectivity index (χ4n) is 6.11. The number of fused-ring (bicyclic) bond motifs is 4. The maximum atomic E-state index is 13.6. The molecule has 3 heterocycles. The van der Waals surface area contributed by atoms with Crippen molar-refractivity contribution in [3.63, 3.8) is 0 Å². The molecule has 6 heteroatoms. The molecule has 1 N–H and O–H groups in total. The van der Waals surface area contributed by atoms with Gasteiger partial charge in [0.15, 0.2) is 11.5 Å². The number of aliphatic hydroxyl groups is 1. The number of carbonyl (C=O) groups is 1. The Kier molecular flexibility index (Phi) is 4.65. The first-order chi connectivity index (χ1) is 15.2. The first-order valence-electron chi connectivity index (χ1n) is 11.4. The Morgan fingerprint density at radius 1 is 1.06 bits per heavy atom. The molecule has 3 atom stereocenters. The standard InChI is InChI=1S/C25H28N2O4/c28-14-21-24-18-7-3-4-8-19(18)27(13-20(24)26(21)12-16-5-1-2-6-16)25(29)17-9-10-22-23(11-17)31-15-30-22/h3-4,7-11,16,20-21,24,28H,1-2,5-6,12-15H2/t20-,21+,24+/m1/s1. The molecule has 1 saturated heterocycles. The van der Waals surface area contributed by atoms with Gasteiger partial charge in [-0.3, -0.25) is 9.69 Å². The van der Waals surface area contributed by atoms with E-state index in [1.54, 1.807) is 6.07 Å². The van der Waals surface area contributed by atoms with E-state index in [2.05, 4.69) is 11.0 Å². The molecular weight excluding hydrogens is 392 g/mol. The first-order valence-corrected chi connectivity index (χ1v) is 11.4. The fraction of sp³-hybridized carbons (Fsp3) is 0.480. The van der Waals surface area contributed by atoms with Gasteiger partial charge in [-0.2, -0.15) is 0 Å². The Bertz CT molecular complexity index is 1000. The SMILES string of the molecule is O=C(c1ccc2c(c1)OCO2)N1C[C@@H]2[C@H](c3ccccc31)[C@H](CO)N2CC1CCCC1. The molecule has 2 aromatic carbocycles. The van der Waals surface area contributed by atoms with Crippen LogP contribution in [0.5, 0.6) is 11.5 Å². The van der Waals surface area contributed by atoms with Crippen molar-refractivity contribution in [2.75, 3.05) is 31.4 Å². The van der Waals surface area contributed by atoms with E-state index in [4.69, 9.17) is 9.47 Å². The Hall–Kier alpha value is -2.57. The van der Waals surface area contributed by atoms with Gasteiger partial charge in [0, 0.05) is 42.3 Å². The highest BCUT2D eigenvalue weighted by Crippen LogP contribution is 2.49. The van der Waals surface area contributed by atoms with Gasteiger partial charge in [-0.15, -0.1) is 0 Å². The van der Waals surface area contributed by atoms with E-state index in [1.807, 2.05) is 35.2 Å². The van der Waals surface area contributed by atoms with E-state index in [1.165, 1.54) is 31.2 Å². The van der Waals surface area contributed by atoms with Crippen molar-refractivity contribution in [2.45, 2.75) is 43.7 Å². The van der Waals surface area contributed by atoms with Gasteiger partial charge in [0.2, 0.25) is 6.79 Å². The number of hydrogen-bond acceptors (Lipinski definition) is 5.